The number of nitro groups is 1. The highest BCUT2D eigenvalue weighted by Crippen LogP contribution is 2.28. The van der Waals surface area contributed by atoms with Gasteiger partial charge in [0.25, 0.3) is 10.0 Å². The zero-order valence-corrected chi connectivity index (χ0v) is 12.5. The molecule has 0 aliphatic heterocycles. The van der Waals surface area contributed by atoms with Gasteiger partial charge >= 0.3 is 5.00 Å². The molecular formula is C11H6ClN3O4S2. The number of hydrogen-bond acceptors (Lipinski definition) is 6. The lowest BCUT2D eigenvalue weighted by molar-refractivity contribution is -0.380. The zero-order chi connectivity index (χ0) is 15.6. The number of nitrogens with one attached hydrogen (secondary N) is 1. The maximum Gasteiger partial charge on any atom is 0.325 e. The second kappa shape index (κ2) is 5.69. The van der Waals surface area contributed by atoms with Crippen LogP contribution in [0.15, 0.2) is 34.5 Å². The molecule has 21 heavy (non-hydrogen) atoms. The van der Waals surface area contributed by atoms with Crippen molar-refractivity contribution in [1.82, 2.24) is 0 Å². The lowest BCUT2D eigenvalue weighted by atomic mass is 10.2. The van der Waals surface area contributed by atoms with Crippen LogP contribution in [0.5, 0.6) is 0 Å². The van der Waals surface area contributed by atoms with E-state index in [4.69, 9.17) is 16.9 Å². The second-order valence-electron chi connectivity index (χ2n) is 3.78. The molecule has 0 amide bonds. The van der Waals surface area contributed by atoms with E-state index in [0.29, 0.717) is 11.3 Å². The minimum Gasteiger partial charge on any atom is -0.278 e. The van der Waals surface area contributed by atoms with Gasteiger partial charge in [0.05, 0.1) is 16.2 Å². The molecule has 0 bridgehead atoms. The fourth-order valence-corrected chi connectivity index (χ4v) is 3.77. The Morgan fingerprint density at radius 2 is 2.10 bits per heavy atom. The molecule has 108 valence electrons. The van der Waals surface area contributed by atoms with E-state index in [2.05, 4.69) is 4.72 Å². The van der Waals surface area contributed by atoms with Crippen molar-refractivity contribution in [3.8, 4) is 6.07 Å². The van der Waals surface area contributed by atoms with E-state index >= 15 is 0 Å². The van der Waals surface area contributed by atoms with Gasteiger partial charge in [-0.05, 0) is 18.2 Å². The fraction of sp³-hybridized carbons (Fsp3) is 0. The van der Waals surface area contributed by atoms with Gasteiger partial charge in [0.1, 0.15) is 11.0 Å². The minimum absolute atomic E-state index is 0.0128. The standard InChI is InChI=1S/C11H6ClN3O4S2/c12-8-2-1-7(5-13)10(3-8)14-21(18,19)9-4-11(15(16)17)20-6-9/h1-4,6,14H. The minimum atomic E-state index is -4.03. The molecule has 0 unspecified atom stereocenters. The van der Waals surface area contributed by atoms with Gasteiger partial charge in [-0.3, -0.25) is 14.8 Å². The van der Waals surface area contributed by atoms with Crippen molar-refractivity contribution in [3.05, 3.63) is 50.3 Å². The Balaban J connectivity index is 2.40. The largest absolute Gasteiger partial charge is 0.325 e. The number of nitriles is 1. The maximum atomic E-state index is 12.1. The molecule has 10 heteroatoms. The molecule has 1 aromatic carbocycles. The van der Waals surface area contributed by atoms with Crippen molar-refractivity contribution in [2.75, 3.05) is 4.72 Å². The first-order chi connectivity index (χ1) is 9.83. The second-order valence-corrected chi connectivity index (χ2v) is 6.79. The average Bonchev–Trinajstić information content (AvgIpc) is 2.89. The van der Waals surface area contributed by atoms with Gasteiger partial charge in [-0.15, -0.1) is 0 Å². The third kappa shape index (κ3) is 3.30. The van der Waals surface area contributed by atoms with Crippen LogP contribution in [0.25, 0.3) is 0 Å². The van der Waals surface area contributed by atoms with Gasteiger partial charge in [0, 0.05) is 16.5 Å². The van der Waals surface area contributed by atoms with Crippen LogP contribution in [0, 0.1) is 21.4 Å². The Hall–Kier alpha value is -2.15. The van der Waals surface area contributed by atoms with Gasteiger partial charge in [0.15, 0.2) is 0 Å². The normalized spacial score (nSPS) is 10.9. The highest BCUT2D eigenvalue weighted by molar-refractivity contribution is 7.92. The molecule has 0 saturated heterocycles. The molecule has 1 aromatic heterocycles. The Labute approximate surface area is 128 Å². The first kappa shape index (κ1) is 15.2. The summed E-state index contributed by atoms with van der Waals surface area (Å²) in [5.41, 5.74) is 0.103. The number of rotatable bonds is 4. The molecule has 1 heterocycles. The molecule has 0 atom stereocenters. The lowest BCUT2D eigenvalue weighted by Gasteiger charge is -2.08. The van der Waals surface area contributed by atoms with Crippen molar-refractivity contribution in [2.45, 2.75) is 4.90 Å². The summed E-state index contributed by atoms with van der Waals surface area (Å²) in [6.07, 6.45) is 0. The average molecular weight is 344 g/mol. The maximum absolute atomic E-state index is 12.1. The Kier molecular flexibility index (Phi) is 4.13. The summed E-state index contributed by atoms with van der Waals surface area (Å²) >= 11 is 6.46. The molecule has 0 aliphatic carbocycles. The molecule has 0 radical (unpaired) electrons. The van der Waals surface area contributed by atoms with Crippen LogP contribution in [0.2, 0.25) is 5.02 Å². The highest BCUT2D eigenvalue weighted by Gasteiger charge is 2.21. The summed E-state index contributed by atoms with van der Waals surface area (Å²) in [7, 11) is -4.03. The lowest BCUT2D eigenvalue weighted by Crippen LogP contribution is -2.13. The fourth-order valence-electron chi connectivity index (χ4n) is 1.45. The molecule has 2 rings (SSSR count). The quantitative estimate of drug-likeness (QED) is 0.677. The number of sulfonamides is 1. The first-order valence-electron chi connectivity index (χ1n) is 5.29. The molecule has 1 N–H and O–H groups in total. The Morgan fingerprint density at radius 1 is 1.38 bits per heavy atom. The van der Waals surface area contributed by atoms with E-state index < -0.39 is 14.9 Å². The van der Waals surface area contributed by atoms with Crippen molar-refractivity contribution in [2.24, 2.45) is 0 Å². The number of nitrogens with zero attached hydrogens (tertiary/aromatic N) is 2. The predicted molar refractivity (Wildman–Crippen MR) is 77.9 cm³/mol. The summed E-state index contributed by atoms with van der Waals surface area (Å²) in [5, 5.41) is 20.6. The number of hydrogen-bond donors (Lipinski definition) is 1. The predicted octanol–water partition coefficient (Wildman–Crippen LogP) is 2.98. The summed E-state index contributed by atoms with van der Waals surface area (Å²) in [5.74, 6) is 0. The van der Waals surface area contributed by atoms with Crippen LogP contribution in [0.1, 0.15) is 5.56 Å². The van der Waals surface area contributed by atoms with Crippen molar-refractivity contribution >= 4 is 43.6 Å². The Bertz CT molecular complexity index is 855. The van der Waals surface area contributed by atoms with Gasteiger partial charge in [-0.1, -0.05) is 22.9 Å². The van der Waals surface area contributed by atoms with E-state index in [1.54, 1.807) is 0 Å². The number of benzene rings is 1. The van der Waals surface area contributed by atoms with Gasteiger partial charge in [-0.2, -0.15) is 5.26 Å². The van der Waals surface area contributed by atoms with Crippen LogP contribution in [0.3, 0.4) is 0 Å². The summed E-state index contributed by atoms with van der Waals surface area (Å²) in [6, 6.07) is 6.89. The van der Waals surface area contributed by atoms with Crippen molar-refractivity contribution in [1.29, 1.82) is 5.26 Å². The molecule has 0 fully saturated rings. The van der Waals surface area contributed by atoms with E-state index in [9.17, 15) is 18.5 Å². The van der Waals surface area contributed by atoms with Crippen LogP contribution in [-0.2, 0) is 10.0 Å². The van der Waals surface area contributed by atoms with Gasteiger partial charge < -0.3 is 0 Å². The van der Waals surface area contributed by atoms with E-state index in [1.807, 2.05) is 6.07 Å². The van der Waals surface area contributed by atoms with Crippen LogP contribution >= 0.6 is 22.9 Å². The van der Waals surface area contributed by atoms with Gasteiger partial charge in [-0.25, -0.2) is 8.42 Å². The summed E-state index contributed by atoms with van der Waals surface area (Å²) in [6.45, 7) is 0. The van der Waals surface area contributed by atoms with Gasteiger partial charge in [0.2, 0.25) is 0 Å². The van der Waals surface area contributed by atoms with E-state index in [-0.39, 0.29) is 26.2 Å². The van der Waals surface area contributed by atoms with Crippen LogP contribution < -0.4 is 4.72 Å². The topological polar surface area (TPSA) is 113 Å². The van der Waals surface area contributed by atoms with Crippen LogP contribution in [-0.4, -0.2) is 13.3 Å². The summed E-state index contributed by atoms with van der Waals surface area (Å²) < 4.78 is 26.5. The van der Waals surface area contributed by atoms with Crippen LogP contribution in [0.4, 0.5) is 10.7 Å². The van der Waals surface area contributed by atoms with Crippen molar-refractivity contribution < 1.29 is 13.3 Å². The first-order valence-corrected chi connectivity index (χ1v) is 8.03. The number of anilines is 1. The Morgan fingerprint density at radius 3 is 2.67 bits per heavy atom. The third-order valence-electron chi connectivity index (χ3n) is 2.40. The molecular weight excluding hydrogens is 338 g/mol. The molecule has 0 spiro atoms. The molecule has 0 aliphatic rings. The number of halogens is 1. The van der Waals surface area contributed by atoms with Crippen molar-refractivity contribution in [3.63, 3.8) is 0 Å². The third-order valence-corrected chi connectivity index (χ3v) is 5.01. The molecule has 2 aromatic rings. The molecule has 7 nitrogen and oxygen atoms in total. The highest BCUT2D eigenvalue weighted by atomic mass is 35.5. The number of thiophene rings is 1. The summed E-state index contributed by atoms with van der Waals surface area (Å²) in [4.78, 5) is 9.66. The molecule has 0 saturated carbocycles. The van der Waals surface area contributed by atoms with E-state index in [0.717, 1.165) is 11.4 Å². The SMILES string of the molecule is N#Cc1ccc(Cl)cc1NS(=O)(=O)c1csc([N+](=O)[O-])c1. The monoisotopic (exact) mass is 343 g/mol. The zero-order valence-electron chi connectivity index (χ0n) is 10.1. The smallest absolute Gasteiger partial charge is 0.278 e. The van der Waals surface area contributed by atoms with E-state index in [1.165, 1.54) is 18.2 Å².